The van der Waals surface area contributed by atoms with Gasteiger partial charge in [-0.2, -0.15) is 0 Å². The van der Waals surface area contributed by atoms with Gasteiger partial charge >= 0.3 is 0 Å². The van der Waals surface area contributed by atoms with Crippen LogP contribution in [0.5, 0.6) is 0 Å². The van der Waals surface area contributed by atoms with Gasteiger partial charge in [0.05, 0.1) is 11.3 Å². The fourth-order valence-electron chi connectivity index (χ4n) is 1.80. The fraction of sp³-hybridized carbons (Fsp3) is 0.0625. The highest BCUT2D eigenvalue weighted by molar-refractivity contribution is 6.30. The van der Waals surface area contributed by atoms with Crippen LogP contribution >= 0.6 is 11.6 Å². The topological polar surface area (TPSA) is 87.3 Å². The van der Waals surface area contributed by atoms with Crippen molar-refractivity contribution in [1.29, 1.82) is 0 Å². The van der Waals surface area contributed by atoms with Gasteiger partial charge in [0.15, 0.2) is 0 Å². The molecule has 0 bridgehead atoms. The second-order valence-electron chi connectivity index (χ2n) is 4.64. The van der Waals surface area contributed by atoms with Crippen LogP contribution in [-0.2, 0) is 4.79 Å². The number of benzene rings is 2. The SMILES string of the molecule is CC(=O)NNC(=O)c1ccccc1NC(=O)c1ccc(Cl)cc1. The van der Waals surface area contributed by atoms with Crippen molar-refractivity contribution in [3.8, 4) is 0 Å². The Labute approximate surface area is 137 Å². The highest BCUT2D eigenvalue weighted by Gasteiger charge is 2.14. The van der Waals surface area contributed by atoms with Crippen LogP contribution in [0.15, 0.2) is 48.5 Å². The lowest BCUT2D eigenvalue weighted by Crippen LogP contribution is -2.40. The number of rotatable bonds is 3. The molecular formula is C16H14ClN3O3. The number of carbonyl (C=O) groups is 3. The summed E-state index contributed by atoms with van der Waals surface area (Å²) in [5.41, 5.74) is 5.41. The predicted molar refractivity (Wildman–Crippen MR) is 87.1 cm³/mol. The Morgan fingerprint density at radius 1 is 0.870 bits per heavy atom. The van der Waals surface area contributed by atoms with E-state index in [0.29, 0.717) is 16.3 Å². The van der Waals surface area contributed by atoms with E-state index in [4.69, 9.17) is 11.6 Å². The lowest BCUT2D eigenvalue weighted by atomic mass is 10.1. The standard InChI is InChI=1S/C16H14ClN3O3/c1-10(21)19-20-16(23)13-4-2-3-5-14(13)18-15(22)11-6-8-12(17)9-7-11/h2-9H,1H3,(H,18,22)(H,19,21)(H,20,23). The number of nitrogens with one attached hydrogen (secondary N) is 3. The lowest BCUT2D eigenvalue weighted by molar-refractivity contribution is -0.119. The van der Waals surface area contributed by atoms with Gasteiger partial charge in [0.2, 0.25) is 5.91 Å². The first kappa shape index (κ1) is 16.5. The van der Waals surface area contributed by atoms with E-state index in [-0.39, 0.29) is 11.5 Å². The average molecular weight is 332 g/mol. The molecule has 118 valence electrons. The monoisotopic (exact) mass is 331 g/mol. The van der Waals surface area contributed by atoms with E-state index in [9.17, 15) is 14.4 Å². The number of hydrogen-bond donors (Lipinski definition) is 3. The lowest BCUT2D eigenvalue weighted by Gasteiger charge is -2.11. The van der Waals surface area contributed by atoms with Gasteiger partial charge in [-0.05, 0) is 36.4 Å². The number of hydrogen-bond acceptors (Lipinski definition) is 3. The van der Waals surface area contributed by atoms with Crippen LogP contribution in [-0.4, -0.2) is 17.7 Å². The molecule has 0 aromatic heterocycles. The van der Waals surface area contributed by atoms with Crippen LogP contribution in [0.3, 0.4) is 0 Å². The van der Waals surface area contributed by atoms with Crippen LogP contribution in [0.2, 0.25) is 5.02 Å². The third-order valence-electron chi connectivity index (χ3n) is 2.88. The van der Waals surface area contributed by atoms with Crippen LogP contribution in [0.1, 0.15) is 27.6 Å². The van der Waals surface area contributed by atoms with E-state index in [2.05, 4.69) is 16.2 Å². The summed E-state index contributed by atoms with van der Waals surface area (Å²) in [5, 5.41) is 3.18. The quantitative estimate of drug-likeness (QED) is 0.755. The van der Waals surface area contributed by atoms with Gasteiger partial charge in [-0.15, -0.1) is 0 Å². The summed E-state index contributed by atoms with van der Waals surface area (Å²) in [7, 11) is 0. The molecule has 0 fully saturated rings. The molecule has 0 radical (unpaired) electrons. The Morgan fingerprint density at radius 3 is 2.17 bits per heavy atom. The summed E-state index contributed by atoms with van der Waals surface area (Å²) in [5.74, 6) is -1.31. The predicted octanol–water partition coefficient (Wildman–Crippen LogP) is 2.37. The fourth-order valence-corrected chi connectivity index (χ4v) is 1.92. The number of halogens is 1. The van der Waals surface area contributed by atoms with Crippen molar-refractivity contribution in [3.63, 3.8) is 0 Å². The molecule has 0 unspecified atom stereocenters. The van der Waals surface area contributed by atoms with Crippen LogP contribution in [0.4, 0.5) is 5.69 Å². The molecule has 3 N–H and O–H groups in total. The molecular weight excluding hydrogens is 318 g/mol. The van der Waals surface area contributed by atoms with E-state index < -0.39 is 11.8 Å². The first-order valence-electron chi connectivity index (χ1n) is 6.70. The van der Waals surface area contributed by atoms with Crippen molar-refractivity contribution >= 4 is 35.0 Å². The molecule has 7 heteroatoms. The molecule has 0 spiro atoms. The summed E-state index contributed by atoms with van der Waals surface area (Å²) in [6.07, 6.45) is 0. The normalized spacial score (nSPS) is 9.83. The molecule has 2 aromatic carbocycles. The Morgan fingerprint density at radius 2 is 1.52 bits per heavy atom. The Hall–Kier alpha value is -2.86. The third-order valence-corrected chi connectivity index (χ3v) is 3.13. The number of para-hydroxylation sites is 1. The van der Waals surface area contributed by atoms with E-state index in [0.717, 1.165) is 0 Å². The number of amides is 3. The zero-order valence-electron chi connectivity index (χ0n) is 12.2. The maximum Gasteiger partial charge on any atom is 0.271 e. The van der Waals surface area contributed by atoms with Crippen molar-refractivity contribution < 1.29 is 14.4 Å². The maximum absolute atomic E-state index is 12.2. The largest absolute Gasteiger partial charge is 0.321 e. The van der Waals surface area contributed by atoms with Crippen molar-refractivity contribution in [1.82, 2.24) is 10.9 Å². The Bertz CT molecular complexity index is 744. The molecule has 2 aromatic rings. The summed E-state index contributed by atoms with van der Waals surface area (Å²) in [6.45, 7) is 1.27. The van der Waals surface area contributed by atoms with Gasteiger partial charge in [0, 0.05) is 17.5 Å². The number of anilines is 1. The summed E-state index contributed by atoms with van der Waals surface area (Å²) in [4.78, 5) is 35.1. The molecule has 2 rings (SSSR count). The zero-order valence-corrected chi connectivity index (χ0v) is 13.0. The third kappa shape index (κ3) is 4.55. The van der Waals surface area contributed by atoms with E-state index >= 15 is 0 Å². The van der Waals surface area contributed by atoms with Crippen LogP contribution < -0.4 is 16.2 Å². The van der Waals surface area contributed by atoms with E-state index in [1.807, 2.05) is 0 Å². The van der Waals surface area contributed by atoms with Gasteiger partial charge in [-0.1, -0.05) is 23.7 Å². The van der Waals surface area contributed by atoms with Crippen molar-refractivity contribution in [2.45, 2.75) is 6.92 Å². The average Bonchev–Trinajstić information content (AvgIpc) is 2.53. The number of hydrazine groups is 1. The van der Waals surface area contributed by atoms with Crippen molar-refractivity contribution in [2.75, 3.05) is 5.32 Å². The summed E-state index contributed by atoms with van der Waals surface area (Å²) in [6, 6.07) is 12.8. The highest BCUT2D eigenvalue weighted by atomic mass is 35.5. The van der Waals surface area contributed by atoms with E-state index in [1.54, 1.807) is 42.5 Å². The smallest absolute Gasteiger partial charge is 0.271 e. The van der Waals surface area contributed by atoms with Gasteiger partial charge in [-0.3, -0.25) is 25.2 Å². The minimum absolute atomic E-state index is 0.226. The minimum Gasteiger partial charge on any atom is -0.321 e. The second-order valence-corrected chi connectivity index (χ2v) is 5.08. The first-order chi connectivity index (χ1) is 11.0. The summed E-state index contributed by atoms with van der Waals surface area (Å²) >= 11 is 5.78. The van der Waals surface area contributed by atoms with Crippen molar-refractivity contribution in [2.24, 2.45) is 0 Å². The van der Waals surface area contributed by atoms with Gasteiger partial charge < -0.3 is 5.32 Å². The van der Waals surface area contributed by atoms with Crippen LogP contribution in [0.25, 0.3) is 0 Å². The first-order valence-corrected chi connectivity index (χ1v) is 7.08. The Balaban J connectivity index is 2.16. The molecule has 0 atom stereocenters. The second kappa shape index (κ2) is 7.42. The molecule has 0 heterocycles. The molecule has 0 aliphatic heterocycles. The van der Waals surface area contributed by atoms with Gasteiger partial charge in [-0.25, -0.2) is 0 Å². The highest BCUT2D eigenvalue weighted by Crippen LogP contribution is 2.17. The molecule has 0 aliphatic carbocycles. The molecule has 3 amide bonds. The number of carbonyl (C=O) groups excluding carboxylic acids is 3. The molecule has 0 saturated heterocycles. The van der Waals surface area contributed by atoms with Crippen molar-refractivity contribution in [3.05, 3.63) is 64.7 Å². The Kier molecular flexibility index (Phi) is 5.32. The molecule has 6 nitrogen and oxygen atoms in total. The molecule has 0 aliphatic rings. The van der Waals surface area contributed by atoms with E-state index in [1.165, 1.54) is 13.0 Å². The minimum atomic E-state index is -0.535. The molecule has 0 saturated carbocycles. The summed E-state index contributed by atoms with van der Waals surface area (Å²) < 4.78 is 0. The van der Waals surface area contributed by atoms with Crippen LogP contribution in [0, 0.1) is 0 Å². The van der Waals surface area contributed by atoms with Gasteiger partial charge in [0.1, 0.15) is 0 Å². The molecule has 23 heavy (non-hydrogen) atoms. The maximum atomic E-state index is 12.2. The zero-order chi connectivity index (χ0) is 16.8. The van der Waals surface area contributed by atoms with Gasteiger partial charge in [0.25, 0.3) is 11.8 Å².